The molecule has 3 rings (SSSR count). The molecule has 0 atom stereocenters. The third-order valence-electron chi connectivity index (χ3n) is 3.42. The Morgan fingerprint density at radius 2 is 2.24 bits per heavy atom. The zero-order valence-corrected chi connectivity index (χ0v) is 12.9. The van der Waals surface area contributed by atoms with Gasteiger partial charge in [-0.2, -0.15) is 0 Å². The molecule has 1 aromatic carbocycles. The maximum absolute atomic E-state index is 11.7. The van der Waals surface area contributed by atoms with Gasteiger partial charge in [-0.1, -0.05) is 18.3 Å². The lowest BCUT2D eigenvalue weighted by atomic mass is 10.2. The van der Waals surface area contributed by atoms with Crippen LogP contribution in [0.4, 0.5) is 10.8 Å². The van der Waals surface area contributed by atoms with Gasteiger partial charge in [0.05, 0.1) is 23.4 Å². The van der Waals surface area contributed by atoms with E-state index in [1.165, 1.54) is 0 Å². The number of carbonyl (C=O) groups excluding carboxylic acids is 1. The highest BCUT2D eigenvalue weighted by molar-refractivity contribution is 7.22. The first-order chi connectivity index (χ1) is 10.3. The van der Waals surface area contributed by atoms with Crippen molar-refractivity contribution in [3.8, 4) is 0 Å². The quantitative estimate of drug-likeness (QED) is 0.943. The largest absolute Gasteiger partial charge is 0.378 e. The number of amides is 1. The molecule has 2 aromatic rings. The minimum absolute atomic E-state index is 0.0646. The fourth-order valence-electron chi connectivity index (χ4n) is 2.33. The summed E-state index contributed by atoms with van der Waals surface area (Å²) in [5.41, 5.74) is 1.83. The first kappa shape index (κ1) is 14.3. The molecule has 112 valence electrons. The number of ether oxygens (including phenoxy) is 1. The van der Waals surface area contributed by atoms with Gasteiger partial charge in [-0.3, -0.25) is 4.79 Å². The van der Waals surface area contributed by atoms with Gasteiger partial charge in [0, 0.05) is 25.2 Å². The molecular weight excluding hydrogens is 286 g/mol. The first-order valence-corrected chi connectivity index (χ1v) is 8.11. The van der Waals surface area contributed by atoms with Crippen LogP contribution in [0.1, 0.15) is 19.8 Å². The fraction of sp³-hybridized carbons (Fsp3) is 0.467. The van der Waals surface area contributed by atoms with Crippen LogP contribution in [0.2, 0.25) is 0 Å². The van der Waals surface area contributed by atoms with Gasteiger partial charge in [-0.15, -0.1) is 0 Å². The van der Waals surface area contributed by atoms with Gasteiger partial charge in [-0.05, 0) is 24.6 Å². The van der Waals surface area contributed by atoms with Crippen molar-refractivity contribution < 1.29 is 9.53 Å². The molecule has 21 heavy (non-hydrogen) atoms. The van der Waals surface area contributed by atoms with Crippen LogP contribution in [0.5, 0.6) is 0 Å². The van der Waals surface area contributed by atoms with E-state index in [0.29, 0.717) is 6.42 Å². The van der Waals surface area contributed by atoms with Crippen molar-refractivity contribution in [2.45, 2.75) is 19.8 Å². The average Bonchev–Trinajstić information content (AvgIpc) is 2.91. The van der Waals surface area contributed by atoms with E-state index in [2.05, 4.69) is 15.2 Å². The van der Waals surface area contributed by atoms with Crippen LogP contribution in [0.3, 0.4) is 0 Å². The Hall–Kier alpha value is -1.66. The SMILES string of the molecule is CCCC(=O)Nc1ccc2nc(N3CCOCC3)sc2c1. The predicted octanol–water partition coefficient (Wildman–Crippen LogP) is 2.87. The Morgan fingerprint density at radius 3 is 3.00 bits per heavy atom. The standard InChI is InChI=1S/C15H19N3O2S/c1-2-3-14(19)16-11-4-5-12-13(10-11)21-15(17-12)18-6-8-20-9-7-18/h4-5,10H,2-3,6-9H2,1H3,(H,16,19). The summed E-state index contributed by atoms with van der Waals surface area (Å²) < 4.78 is 6.47. The molecule has 1 N–H and O–H groups in total. The highest BCUT2D eigenvalue weighted by Gasteiger charge is 2.15. The molecule has 1 fully saturated rings. The second-order valence-corrected chi connectivity index (χ2v) is 6.09. The summed E-state index contributed by atoms with van der Waals surface area (Å²) in [5, 5.41) is 3.96. The van der Waals surface area contributed by atoms with Crippen molar-refractivity contribution in [1.29, 1.82) is 0 Å². The Morgan fingerprint density at radius 1 is 1.43 bits per heavy atom. The van der Waals surface area contributed by atoms with Gasteiger partial charge in [0.15, 0.2) is 5.13 Å². The fourth-order valence-corrected chi connectivity index (χ4v) is 3.39. The van der Waals surface area contributed by atoms with Crippen molar-refractivity contribution in [1.82, 2.24) is 4.98 Å². The number of benzene rings is 1. The van der Waals surface area contributed by atoms with Crippen LogP contribution in [-0.4, -0.2) is 37.2 Å². The number of thiazole rings is 1. The zero-order chi connectivity index (χ0) is 14.7. The second-order valence-electron chi connectivity index (χ2n) is 5.08. The molecule has 0 radical (unpaired) electrons. The van der Waals surface area contributed by atoms with Gasteiger partial charge in [-0.25, -0.2) is 4.98 Å². The molecule has 1 aromatic heterocycles. The van der Waals surface area contributed by atoms with Gasteiger partial charge in [0.1, 0.15) is 0 Å². The third-order valence-corrected chi connectivity index (χ3v) is 4.50. The number of hydrogen-bond acceptors (Lipinski definition) is 5. The summed E-state index contributed by atoms with van der Waals surface area (Å²) in [6.07, 6.45) is 1.41. The summed E-state index contributed by atoms with van der Waals surface area (Å²) in [5.74, 6) is 0.0646. The van der Waals surface area contributed by atoms with Crippen LogP contribution in [0.25, 0.3) is 10.2 Å². The Balaban J connectivity index is 1.79. The molecular formula is C15H19N3O2S. The van der Waals surface area contributed by atoms with Gasteiger partial charge in [0.25, 0.3) is 0 Å². The molecule has 5 nitrogen and oxygen atoms in total. The number of nitrogens with zero attached hydrogens (tertiary/aromatic N) is 2. The molecule has 1 amide bonds. The number of nitrogens with one attached hydrogen (secondary N) is 1. The van der Waals surface area contributed by atoms with Crippen LogP contribution < -0.4 is 10.2 Å². The minimum atomic E-state index is 0.0646. The molecule has 1 aliphatic rings. The summed E-state index contributed by atoms with van der Waals surface area (Å²) >= 11 is 1.67. The van der Waals surface area contributed by atoms with Gasteiger partial charge >= 0.3 is 0 Å². The smallest absolute Gasteiger partial charge is 0.224 e. The van der Waals surface area contributed by atoms with E-state index in [1.54, 1.807) is 11.3 Å². The maximum atomic E-state index is 11.7. The van der Waals surface area contributed by atoms with Gasteiger partial charge < -0.3 is 15.0 Å². The third kappa shape index (κ3) is 3.33. The molecule has 2 heterocycles. The lowest BCUT2D eigenvalue weighted by Crippen LogP contribution is -2.36. The molecule has 1 aliphatic heterocycles. The Labute approximate surface area is 127 Å². The van der Waals surface area contributed by atoms with Gasteiger partial charge in [0.2, 0.25) is 5.91 Å². The van der Waals surface area contributed by atoms with Crippen molar-refractivity contribution in [3.05, 3.63) is 18.2 Å². The Bertz CT molecular complexity index is 635. The number of morpholine rings is 1. The first-order valence-electron chi connectivity index (χ1n) is 7.29. The zero-order valence-electron chi connectivity index (χ0n) is 12.1. The van der Waals surface area contributed by atoms with Crippen molar-refractivity contribution >= 4 is 38.3 Å². The number of rotatable bonds is 4. The molecule has 0 spiro atoms. The van der Waals surface area contributed by atoms with E-state index in [4.69, 9.17) is 4.74 Å². The maximum Gasteiger partial charge on any atom is 0.224 e. The Kier molecular flexibility index (Phi) is 4.36. The molecule has 0 bridgehead atoms. The second kappa shape index (κ2) is 6.41. The number of hydrogen-bond donors (Lipinski definition) is 1. The lowest BCUT2D eigenvalue weighted by molar-refractivity contribution is -0.116. The summed E-state index contributed by atoms with van der Waals surface area (Å²) in [6, 6.07) is 5.89. The number of anilines is 2. The van der Waals surface area contributed by atoms with E-state index in [-0.39, 0.29) is 5.91 Å². The van der Waals surface area contributed by atoms with Crippen LogP contribution >= 0.6 is 11.3 Å². The molecule has 0 unspecified atom stereocenters. The average molecular weight is 305 g/mol. The number of aromatic nitrogens is 1. The van der Waals surface area contributed by atoms with Crippen molar-refractivity contribution in [2.24, 2.45) is 0 Å². The highest BCUT2D eigenvalue weighted by atomic mass is 32.1. The number of carbonyl (C=O) groups is 1. The number of fused-ring (bicyclic) bond motifs is 1. The molecule has 0 aliphatic carbocycles. The van der Waals surface area contributed by atoms with E-state index < -0.39 is 0 Å². The monoisotopic (exact) mass is 305 g/mol. The van der Waals surface area contributed by atoms with Crippen molar-refractivity contribution in [3.63, 3.8) is 0 Å². The predicted molar refractivity (Wildman–Crippen MR) is 86.2 cm³/mol. The van der Waals surface area contributed by atoms with E-state index in [1.807, 2.05) is 25.1 Å². The van der Waals surface area contributed by atoms with Crippen LogP contribution in [0.15, 0.2) is 18.2 Å². The van der Waals surface area contributed by atoms with E-state index in [9.17, 15) is 4.79 Å². The van der Waals surface area contributed by atoms with Crippen molar-refractivity contribution in [2.75, 3.05) is 36.5 Å². The minimum Gasteiger partial charge on any atom is -0.378 e. The van der Waals surface area contributed by atoms with E-state index in [0.717, 1.165) is 53.8 Å². The molecule has 6 heteroatoms. The summed E-state index contributed by atoms with van der Waals surface area (Å²) in [6.45, 7) is 5.29. The molecule has 0 saturated carbocycles. The van der Waals surface area contributed by atoms with Crippen LogP contribution in [0, 0.1) is 0 Å². The van der Waals surface area contributed by atoms with Crippen LogP contribution in [-0.2, 0) is 9.53 Å². The topological polar surface area (TPSA) is 54.5 Å². The summed E-state index contributed by atoms with van der Waals surface area (Å²) in [4.78, 5) is 18.6. The van der Waals surface area contributed by atoms with E-state index >= 15 is 0 Å². The lowest BCUT2D eigenvalue weighted by Gasteiger charge is -2.25. The highest BCUT2D eigenvalue weighted by Crippen LogP contribution is 2.31. The normalized spacial score (nSPS) is 15.4. The molecule has 1 saturated heterocycles. The summed E-state index contributed by atoms with van der Waals surface area (Å²) in [7, 11) is 0.